The van der Waals surface area contributed by atoms with Crippen molar-refractivity contribution in [1.29, 1.82) is 0 Å². The number of nitrogens with two attached hydrogens (primary N) is 1. The molecule has 3 aromatic heterocycles. The smallest absolute Gasteiger partial charge is 0.233 e. The molecular weight excluding hydrogens is 268 g/mol. The predicted octanol–water partition coefficient (Wildman–Crippen LogP) is 1.19. The van der Waals surface area contributed by atoms with Crippen LogP contribution in [0.2, 0.25) is 0 Å². The quantitative estimate of drug-likeness (QED) is 0.773. The van der Waals surface area contributed by atoms with Crippen LogP contribution in [0.25, 0.3) is 17.2 Å². The third kappa shape index (κ3) is 2.59. The molecule has 3 aromatic rings. The first-order chi connectivity index (χ1) is 10.3. The minimum Gasteiger partial charge on any atom is -0.480 e. The first-order valence-corrected chi connectivity index (χ1v) is 6.39. The predicted molar refractivity (Wildman–Crippen MR) is 76.8 cm³/mol. The number of aromatic nitrogens is 5. The lowest BCUT2D eigenvalue weighted by atomic mass is 10.2. The van der Waals surface area contributed by atoms with E-state index in [-0.39, 0.29) is 0 Å². The van der Waals surface area contributed by atoms with E-state index in [1.54, 1.807) is 36.3 Å². The number of hydrogen-bond donors (Lipinski definition) is 1. The van der Waals surface area contributed by atoms with Gasteiger partial charge < -0.3 is 10.5 Å². The molecule has 0 fully saturated rings. The van der Waals surface area contributed by atoms with E-state index in [2.05, 4.69) is 20.3 Å². The standard InChI is InChI=1S/C14H14N6O/c1-21-14-5-4-13(18-19-14)20-12(6-7-17-20)11-3-2-10(8-15)9-16-11/h2-7,9H,8,15H2,1H3. The molecule has 21 heavy (non-hydrogen) atoms. The Morgan fingerprint density at radius 2 is 2.05 bits per heavy atom. The van der Waals surface area contributed by atoms with Crippen molar-refractivity contribution < 1.29 is 4.74 Å². The number of hydrogen-bond acceptors (Lipinski definition) is 6. The van der Waals surface area contributed by atoms with E-state index >= 15 is 0 Å². The lowest BCUT2D eigenvalue weighted by molar-refractivity contribution is 0.391. The van der Waals surface area contributed by atoms with Gasteiger partial charge in [0.1, 0.15) is 0 Å². The summed E-state index contributed by atoms with van der Waals surface area (Å²) in [5.41, 5.74) is 8.19. The summed E-state index contributed by atoms with van der Waals surface area (Å²) in [5, 5.41) is 12.3. The van der Waals surface area contributed by atoms with Crippen LogP contribution in [0.4, 0.5) is 0 Å². The number of nitrogens with zero attached hydrogens (tertiary/aromatic N) is 5. The molecule has 7 nitrogen and oxygen atoms in total. The maximum atomic E-state index is 5.58. The summed E-state index contributed by atoms with van der Waals surface area (Å²) < 4.78 is 6.68. The highest BCUT2D eigenvalue weighted by atomic mass is 16.5. The third-order valence-electron chi connectivity index (χ3n) is 3.02. The van der Waals surface area contributed by atoms with Gasteiger partial charge in [0.05, 0.1) is 24.7 Å². The first-order valence-electron chi connectivity index (χ1n) is 6.39. The van der Waals surface area contributed by atoms with Crippen LogP contribution < -0.4 is 10.5 Å². The molecule has 0 bridgehead atoms. The zero-order valence-corrected chi connectivity index (χ0v) is 11.5. The van der Waals surface area contributed by atoms with Crippen LogP contribution in [-0.4, -0.2) is 32.1 Å². The molecule has 0 saturated carbocycles. The number of ether oxygens (including phenoxy) is 1. The maximum absolute atomic E-state index is 5.58. The average Bonchev–Trinajstić information content (AvgIpc) is 3.04. The lowest BCUT2D eigenvalue weighted by Gasteiger charge is -2.06. The summed E-state index contributed by atoms with van der Waals surface area (Å²) in [7, 11) is 1.55. The third-order valence-corrected chi connectivity index (χ3v) is 3.02. The minimum absolute atomic E-state index is 0.456. The molecule has 0 atom stereocenters. The van der Waals surface area contributed by atoms with Crippen LogP contribution in [0.3, 0.4) is 0 Å². The molecular formula is C14H14N6O. The van der Waals surface area contributed by atoms with Crippen molar-refractivity contribution in [3.8, 4) is 23.1 Å². The van der Waals surface area contributed by atoms with Gasteiger partial charge in [0.25, 0.3) is 0 Å². The Labute approximate surface area is 121 Å². The summed E-state index contributed by atoms with van der Waals surface area (Å²) in [4.78, 5) is 4.40. The highest BCUT2D eigenvalue weighted by molar-refractivity contribution is 5.56. The van der Waals surface area contributed by atoms with Gasteiger partial charge >= 0.3 is 0 Å². The number of methoxy groups -OCH3 is 1. The molecule has 2 N–H and O–H groups in total. The Hall–Kier alpha value is -2.80. The van der Waals surface area contributed by atoms with Gasteiger partial charge in [-0.1, -0.05) is 6.07 Å². The number of pyridine rings is 1. The Balaban J connectivity index is 1.99. The molecule has 3 rings (SSSR count). The summed E-state index contributed by atoms with van der Waals surface area (Å²) in [6, 6.07) is 9.25. The molecule has 0 aliphatic rings. The van der Waals surface area contributed by atoms with E-state index < -0.39 is 0 Å². The van der Waals surface area contributed by atoms with E-state index in [0.717, 1.165) is 17.0 Å². The van der Waals surface area contributed by atoms with Crippen LogP contribution in [0.1, 0.15) is 5.56 Å². The van der Waals surface area contributed by atoms with Crippen LogP contribution in [0, 0.1) is 0 Å². The second-order valence-electron chi connectivity index (χ2n) is 4.32. The Bertz CT molecular complexity index is 658. The van der Waals surface area contributed by atoms with Gasteiger partial charge in [-0.05, 0) is 23.8 Å². The van der Waals surface area contributed by atoms with Crippen molar-refractivity contribution in [3.05, 3.63) is 48.3 Å². The molecule has 3 heterocycles. The molecule has 0 aliphatic carbocycles. The summed E-state index contributed by atoms with van der Waals surface area (Å²) in [6.07, 6.45) is 3.45. The Morgan fingerprint density at radius 1 is 1.14 bits per heavy atom. The highest BCUT2D eigenvalue weighted by Gasteiger charge is 2.10. The zero-order valence-electron chi connectivity index (χ0n) is 11.5. The summed E-state index contributed by atoms with van der Waals surface area (Å²) in [5.74, 6) is 1.05. The second-order valence-corrected chi connectivity index (χ2v) is 4.32. The second kappa shape index (κ2) is 5.68. The van der Waals surface area contributed by atoms with Crippen molar-refractivity contribution in [1.82, 2.24) is 25.0 Å². The van der Waals surface area contributed by atoms with Crippen LogP contribution >= 0.6 is 0 Å². The Morgan fingerprint density at radius 3 is 2.67 bits per heavy atom. The average molecular weight is 282 g/mol. The highest BCUT2D eigenvalue weighted by Crippen LogP contribution is 2.20. The van der Waals surface area contributed by atoms with Gasteiger partial charge in [-0.3, -0.25) is 4.98 Å². The monoisotopic (exact) mass is 282 g/mol. The topological polar surface area (TPSA) is 91.7 Å². The molecule has 0 unspecified atom stereocenters. The van der Waals surface area contributed by atoms with Gasteiger partial charge in [0.15, 0.2) is 5.82 Å². The van der Waals surface area contributed by atoms with Crippen LogP contribution in [0.15, 0.2) is 42.7 Å². The molecule has 0 aliphatic heterocycles. The zero-order chi connectivity index (χ0) is 14.7. The molecule has 0 radical (unpaired) electrons. The van der Waals surface area contributed by atoms with Gasteiger partial charge in [0.2, 0.25) is 5.88 Å². The molecule has 0 amide bonds. The fourth-order valence-electron chi connectivity index (χ4n) is 1.91. The fourth-order valence-corrected chi connectivity index (χ4v) is 1.91. The van der Waals surface area contributed by atoms with Crippen molar-refractivity contribution >= 4 is 0 Å². The summed E-state index contributed by atoms with van der Waals surface area (Å²) in [6.45, 7) is 0.469. The van der Waals surface area contributed by atoms with E-state index in [0.29, 0.717) is 18.2 Å². The van der Waals surface area contributed by atoms with Gasteiger partial charge in [-0.25, -0.2) is 4.68 Å². The maximum Gasteiger partial charge on any atom is 0.233 e. The molecule has 0 saturated heterocycles. The Kier molecular flexibility index (Phi) is 3.57. The van der Waals surface area contributed by atoms with Crippen molar-refractivity contribution in [2.75, 3.05) is 7.11 Å². The number of rotatable bonds is 4. The van der Waals surface area contributed by atoms with Crippen LogP contribution in [-0.2, 0) is 6.54 Å². The normalized spacial score (nSPS) is 10.6. The summed E-state index contributed by atoms with van der Waals surface area (Å²) >= 11 is 0. The van der Waals surface area contributed by atoms with E-state index in [1.165, 1.54) is 0 Å². The van der Waals surface area contributed by atoms with E-state index in [9.17, 15) is 0 Å². The van der Waals surface area contributed by atoms with Gasteiger partial charge in [0, 0.05) is 18.8 Å². The lowest BCUT2D eigenvalue weighted by Crippen LogP contribution is -2.04. The molecule has 7 heteroatoms. The molecule has 106 valence electrons. The van der Waals surface area contributed by atoms with Gasteiger partial charge in [-0.2, -0.15) is 5.10 Å². The van der Waals surface area contributed by atoms with Gasteiger partial charge in [-0.15, -0.1) is 10.2 Å². The molecule has 0 spiro atoms. The fraction of sp³-hybridized carbons (Fsp3) is 0.143. The SMILES string of the molecule is COc1ccc(-n2nccc2-c2ccc(CN)cn2)nn1. The van der Waals surface area contributed by atoms with Crippen LogP contribution in [0.5, 0.6) is 5.88 Å². The first kappa shape index (κ1) is 13.2. The minimum atomic E-state index is 0.456. The van der Waals surface area contributed by atoms with E-state index in [4.69, 9.17) is 10.5 Å². The largest absolute Gasteiger partial charge is 0.480 e. The molecule has 0 aromatic carbocycles. The van der Waals surface area contributed by atoms with Crippen molar-refractivity contribution in [2.45, 2.75) is 6.54 Å². The van der Waals surface area contributed by atoms with E-state index in [1.807, 2.05) is 18.2 Å². The van der Waals surface area contributed by atoms with Crippen molar-refractivity contribution in [3.63, 3.8) is 0 Å². The van der Waals surface area contributed by atoms with Crippen molar-refractivity contribution in [2.24, 2.45) is 5.73 Å².